The van der Waals surface area contributed by atoms with Crippen molar-refractivity contribution in [3.63, 3.8) is 0 Å². The van der Waals surface area contributed by atoms with E-state index in [9.17, 15) is 4.79 Å². The van der Waals surface area contributed by atoms with Crippen molar-refractivity contribution >= 4 is 12.0 Å². The highest BCUT2D eigenvalue weighted by atomic mass is 16.4. The Balaban J connectivity index is 2.95. The monoisotopic (exact) mass is 193 g/mol. The molecule has 0 aliphatic heterocycles. The van der Waals surface area contributed by atoms with Crippen LogP contribution in [0.2, 0.25) is 0 Å². The van der Waals surface area contributed by atoms with Gasteiger partial charge in [0.2, 0.25) is 0 Å². The lowest BCUT2D eigenvalue weighted by Crippen LogP contribution is -2.14. The van der Waals surface area contributed by atoms with E-state index >= 15 is 0 Å². The number of aliphatic carboxylic acids is 1. The molecule has 3 N–H and O–H groups in total. The number of likely N-dealkylation sites (N-methyl/N-ethyl adjacent to an activating group) is 1. The maximum Gasteiger partial charge on any atom is 0.351 e. The molecule has 0 heterocycles. The van der Waals surface area contributed by atoms with Gasteiger partial charge >= 0.3 is 5.97 Å². The van der Waals surface area contributed by atoms with Gasteiger partial charge in [0.25, 0.3) is 0 Å². The summed E-state index contributed by atoms with van der Waals surface area (Å²) in [6, 6.07) is 6.27. The molecule has 14 heavy (non-hydrogen) atoms. The number of benzene rings is 1. The quantitative estimate of drug-likeness (QED) is 0.627. The van der Waals surface area contributed by atoms with Gasteiger partial charge in [-0.25, -0.2) is 4.79 Å². The third kappa shape index (κ3) is 2.52. The summed E-state index contributed by atoms with van der Waals surface area (Å²) in [6.45, 7) is 0. The van der Waals surface area contributed by atoms with Gasteiger partial charge in [-0.2, -0.15) is 0 Å². The Labute approximate surface area is 81.5 Å². The smallest absolute Gasteiger partial charge is 0.351 e. The number of hydrogen-bond donors (Lipinski definition) is 3. The van der Waals surface area contributed by atoms with E-state index in [1.165, 1.54) is 18.2 Å². The molecule has 0 unspecified atom stereocenters. The van der Waals surface area contributed by atoms with Crippen molar-refractivity contribution in [3.8, 4) is 5.75 Å². The minimum Gasteiger partial charge on any atom is -0.508 e. The van der Waals surface area contributed by atoms with Crippen molar-refractivity contribution in [2.45, 2.75) is 0 Å². The number of hydrogen-bond acceptors (Lipinski definition) is 3. The second-order valence-electron chi connectivity index (χ2n) is 2.70. The zero-order chi connectivity index (χ0) is 10.6. The first-order valence-corrected chi connectivity index (χ1v) is 4.05. The number of carboxylic acid groups (broad SMARTS) is 1. The van der Waals surface area contributed by atoms with E-state index in [-0.39, 0.29) is 11.4 Å². The van der Waals surface area contributed by atoms with Crippen LogP contribution in [0.15, 0.2) is 30.0 Å². The number of phenols is 1. The lowest BCUT2D eigenvalue weighted by atomic mass is 10.2. The van der Waals surface area contributed by atoms with Crippen molar-refractivity contribution in [1.29, 1.82) is 0 Å². The SMILES string of the molecule is CN/C(=C\c1ccc(O)cc1)C(=O)O. The van der Waals surface area contributed by atoms with Crippen LogP contribution in [0.25, 0.3) is 6.08 Å². The summed E-state index contributed by atoms with van der Waals surface area (Å²) in [6.07, 6.45) is 1.49. The lowest BCUT2D eigenvalue weighted by Gasteiger charge is -2.00. The van der Waals surface area contributed by atoms with Crippen LogP contribution in [-0.2, 0) is 4.79 Å². The van der Waals surface area contributed by atoms with E-state index in [4.69, 9.17) is 10.2 Å². The molecule has 0 fully saturated rings. The van der Waals surface area contributed by atoms with E-state index in [0.717, 1.165) is 5.56 Å². The predicted octanol–water partition coefficient (Wildman–Crippen LogP) is 1.04. The second kappa shape index (κ2) is 4.32. The lowest BCUT2D eigenvalue weighted by molar-refractivity contribution is -0.132. The van der Waals surface area contributed by atoms with Gasteiger partial charge in [-0.1, -0.05) is 12.1 Å². The highest BCUT2D eigenvalue weighted by Crippen LogP contribution is 2.11. The van der Waals surface area contributed by atoms with E-state index in [0.29, 0.717) is 0 Å². The highest BCUT2D eigenvalue weighted by Gasteiger charge is 2.03. The molecule has 0 aliphatic carbocycles. The maximum absolute atomic E-state index is 10.6. The summed E-state index contributed by atoms with van der Waals surface area (Å²) in [5, 5.41) is 20.3. The molecule has 0 radical (unpaired) electrons. The predicted molar refractivity (Wildman–Crippen MR) is 52.8 cm³/mol. The van der Waals surface area contributed by atoms with Gasteiger partial charge in [-0.05, 0) is 23.8 Å². The largest absolute Gasteiger partial charge is 0.508 e. The number of aromatic hydroxyl groups is 1. The Morgan fingerprint density at radius 2 is 1.93 bits per heavy atom. The fourth-order valence-electron chi connectivity index (χ4n) is 0.978. The first-order chi connectivity index (χ1) is 6.63. The molecule has 1 rings (SSSR count). The van der Waals surface area contributed by atoms with Gasteiger partial charge < -0.3 is 15.5 Å². The summed E-state index contributed by atoms with van der Waals surface area (Å²) in [7, 11) is 1.54. The van der Waals surface area contributed by atoms with Gasteiger partial charge in [-0.15, -0.1) is 0 Å². The van der Waals surface area contributed by atoms with Gasteiger partial charge in [0.15, 0.2) is 0 Å². The van der Waals surface area contributed by atoms with Crippen LogP contribution in [0.3, 0.4) is 0 Å². The number of carbonyl (C=O) groups is 1. The molecule has 0 saturated carbocycles. The van der Waals surface area contributed by atoms with Crippen molar-refractivity contribution in [2.24, 2.45) is 0 Å². The number of carboxylic acids is 1. The van der Waals surface area contributed by atoms with E-state index in [1.807, 2.05) is 0 Å². The molecular weight excluding hydrogens is 182 g/mol. The van der Waals surface area contributed by atoms with Crippen LogP contribution in [0.5, 0.6) is 5.75 Å². The molecule has 4 nitrogen and oxygen atoms in total. The van der Waals surface area contributed by atoms with Crippen LogP contribution < -0.4 is 5.32 Å². The molecule has 4 heteroatoms. The normalized spacial score (nSPS) is 11.1. The fourth-order valence-corrected chi connectivity index (χ4v) is 0.978. The van der Waals surface area contributed by atoms with Gasteiger partial charge in [0.05, 0.1) is 0 Å². The zero-order valence-corrected chi connectivity index (χ0v) is 7.69. The molecule has 74 valence electrons. The minimum absolute atomic E-state index is 0.107. The van der Waals surface area contributed by atoms with Crippen LogP contribution in [0.1, 0.15) is 5.56 Å². The first-order valence-electron chi connectivity index (χ1n) is 4.05. The number of nitrogens with one attached hydrogen (secondary N) is 1. The minimum atomic E-state index is -1.01. The topological polar surface area (TPSA) is 69.6 Å². The van der Waals surface area contributed by atoms with Crippen LogP contribution >= 0.6 is 0 Å². The van der Waals surface area contributed by atoms with Gasteiger partial charge in [0.1, 0.15) is 11.4 Å². The Morgan fingerprint density at radius 1 is 1.36 bits per heavy atom. The summed E-state index contributed by atoms with van der Waals surface area (Å²) in [4.78, 5) is 10.6. The van der Waals surface area contributed by atoms with Crippen molar-refractivity contribution < 1.29 is 15.0 Å². The molecule has 0 atom stereocenters. The van der Waals surface area contributed by atoms with Crippen LogP contribution in [0.4, 0.5) is 0 Å². The fraction of sp³-hybridized carbons (Fsp3) is 0.100. The van der Waals surface area contributed by atoms with Crippen molar-refractivity contribution in [3.05, 3.63) is 35.5 Å². The average Bonchev–Trinajstić information content (AvgIpc) is 2.16. The average molecular weight is 193 g/mol. The number of rotatable bonds is 3. The third-order valence-electron chi connectivity index (χ3n) is 1.70. The molecule has 0 bridgehead atoms. The molecule has 0 saturated heterocycles. The van der Waals surface area contributed by atoms with Crippen LogP contribution in [-0.4, -0.2) is 23.2 Å². The molecule has 1 aromatic rings. The highest BCUT2D eigenvalue weighted by molar-refractivity contribution is 5.91. The summed E-state index contributed by atoms with van der Waals surface area (Å²) >= 11 is 0. The third-order valence-corrected chi connectivity index (χ3v) is 1.70. The molecular formula is C10H11NO3. The standard InChI is InChI=1S/C10H11NO3/c1-11-9(10(13)14)6-7-2-4-8(12)5-3-7/h2-6,11-12H,1H3,(H,13,14)/b9-6-. The summed E-state index contributed by atoms with van der Waals surface area (Å²) in [5.41, 5.74) is 0.824. The molecule has 0 amide bonds. The first kappa shape index (κ1) is 10.1. The van der Waals surface area contributed by atoms with E-state index in [1.54, 1.807) is 19.2 Å². The Kier molecular flexibility index (Phi) is 3.12. The van der Waals surface area contributed by atoms with Crippen LogP contribution in [0, 0.1) is 0 Å². The summed E-state index contributed by atoms with van der Waals surface area (Å²) < 4.78 is 0. The van der Waals surface area contributed by atoms with Gasteiger partial charge in [-0.3, -0.25) is 0 Å². The molecule has 0 spiro atoms. The Bertz CT molecular complexity index is 354. The Morgan fingerprint density at radius 3 is 2.36 bits per heavy atom. The van der Waals surface area contributed by atoms with E-state index < -0.39 is 5.97 Å². The molecule has 0 aromatic heterocycles. The van der Waals surface area contributed by atoms with Crippen molar-refractivity contribution in [2.75, 3.05) is 7.05 Å². The maximum atomic E-state index is 10.6. The Hall–Kier alpha value is -1.97. The van der Waals surface area contributed by atoms with Gasteiger partial charge in [0, 0.05) is 7.05 Å². The zero-order valence-electron chi connectivity index (χ0n) is 7.69. The summed E-state index contributed by atoms with van der Waals surface area (Å²) in [5.74, 6) is -0.857. The second-order valence-corrected chi connectivity index (χ2v) is 2.70. The molecule has 0 aliphatic rings. The number of phenolic OH excluding ortho intramolecular Hbond substituents is 1. The van der Waals surface area contributed by atoms with E-state index in [2.05, 4.69) is 5.32 Å². The molecule has 1 aromatic carbocycles. The van der Waals surface area contributed by atoms with Crippen molar-refractivity contribution in [1.82, 2.24) is 5.32 Å².